The zero-order valence-electron chi connectivity index (χ0n) is 13.7. The molecule has 1 amide bonds. The fourth-order valence-electron chi connectivity index (χ4n) is 2.93. The molecule has 0 aliphatic carbocycles. The summed E-state index contributed by atoms with van der Waals surface area (Å²) < 4.78 is 5.91. The second-order valence-corrected chi connectivity index (χ2v) is 5.94. The lowest BCUT2D eigenvalue weighted by Crippen LogP contribution is -2.26. The Hall–Kier alpha value is -1.43. The number of benzene rings is 1. The Balaban J connectivity index is 2.09. The molecule has 0 fully saturated rings. The minimum Gasteiger partial charge on any atom is -0.373 e. The first-order chi connectivity index (χ1) is 10.5. The van der Waals surface area contributed by atoms with Gasteiger partial charge < -0.3 is 9.64 Å². The third-order valence-corrected chi connectivity index (χ3v) is 4.10. The molecule has 0 bridgehead atoms. The molecule has 1 unspecified atom stereocenters. The van der Waals surface area contributed by atoms with Crippen molar-refractivity contribution < 1.29 is 14.7 Å². The van der Waals surface area contributed by atoms with Crippen LogP contribution in [0.4, 0.5) is 0 Å². The molecule has 0 spiro atoms. The maximum absolute atomic E-state index is 11.8. The standard InChI is InChI=1S/C17H26N2O3/c1-4-9-18(2)10-7-16-15-6-5-14(17(20)19(3)21)12-13(15)8-11-22-16/h5-6,12,16,21H,4,7-11H2,1-3H3. The first kappa shape index (κ1) is 16.9. The maximum atomic E-state index is 11.8. The van der Waals surface area contributed by atoms with Gasteiger partial charge in [-0.3, -0.25) is 10.0 Å². The van der Waals surface area contributed by atoms with Gasteiger partial charge in [0.15, 0.2) is 0 Å². The summed E-state index contributed by atoms with van der Waals surface area (Å²) in [6.45, 7) is 4.95. The van der Waals surface area contributed by atoms with Gasteiger partial charge in [0.25, 0.3) is 5.91 Å². The average Bonchev–Trinajstić information content (AvgIpc) is 2.51. The summed E-state index contributed by atoms with van der Waals surface area (Å²) in [5.74, 6) is -0.381. The highest BCUT2D eigenvalue weighted by molar-refractivity contribution is 5.93. The van der Waals surface area contributed by atoms with Crippen molar-refractivity contribution in [3.63, 3.8) is 0 Å². The molecular formula is C17H26N2O3. The van der Waals surface area contributed by atoms with Crippen molar-refractivity contribution in [3.8, 4) is 0 Å². The fourth-order valence-corrected chi connectivity index (χ4v) is 2.93. The van der Waals surface area contributed by atoms with E-state index >= 15 is 0 Å². The Morgan fingerprint density at radius 2 is 2.14 bits per heavy atom. The van der Waals surface area contributed by atoms with Crippen molar-refractivity contribution in [2.24, 2.45) is 0 Å². The molecule has 0 aromatic heterocycles. The van der Waals surface area contributed by atoms with E-state index in [9.17, 15) is 10.0 Å². The second-order valence-electron chi connectivity index (χ2n) is 5.94. The Labute approximate surface area is 132 Å². The summed E-state index contributed by atoms with van der Waals surface area (Å²) >= 11 is 0. The van der Waals surface area contributed by atoms with E-state index in [0.29, 0.717) is 17.2 Å². The molecule has 1 aliphatic rings. The Morgan fingerprint density at radius 3 is 2.82 bits per heavy atom. The van der Waals surface area contributed by atoms with Crippen LogP contribution >= 0.6 is 0 Å². The number of hydrogen-bond acceptors (Lipinski definition) is 4. The van der Waals surface area contributed by atoms with Gasteiger partial charge in [0.05, 0.1) is 12.7 Å². The molecule has 122 valence electrons. The SMILES string of the molecule is CCCN(C)CCC1OCCc2cc(C(=O)N(C)O)ccc21. The highest BCUT2D eigenvalue weighted by Crippen LogP contribution is 2.30. The van der Waals surface area contributed by atoms with E-state index < -0.39 is 0 Å². The van der Waals surface area contributed by atoms with Crippen molar-refractivity contribution in [1.82, 2.24) is 9.96 Å². The van der Waals surface area contributed by atoms with Crippen LogP contribution in [0.25, 0.3) is 0 Å². The van der Waals surface area contributed by atoms with E-state index in [1.54, 1.807) is 6.07 Å². The molecule has 2 rings (SSSR count). The van der Waals surface area contributed by atoms with Crippen LogP contribution in [0.3, 0.4) is 0 Å². The largest absolute Gasteiger partial charge is 0.373 e. The second kappa shape index (κ2) is 7.72. The summed E-state index contributed by atoms with van der Waals surface area (Å²) in [6, 6.07) is 5.62. The van der Waals surface area contributed by atoms with E-state index in [-0.39, 0.29) is 12.0 Å². The quantitative estimate of drug-likeness (QED) is 0.648. The van der Waals surface area contributed by atoms with Crippen LogP contribution in [0.15, 0.2) is 18.2 Å². The van der Waals surface area contributed by atoms with E-state index in [0.717, 1.165) is 37.9 Å². The van der Waals surface area contributed by atoms with Gasteiger partial charge in [-0.25, -0.2) is 5.06 Å². The van der Waals surface area contributed by atoms with Crippen LogP contribution in [-0.2, 0) is 11.2 Å². The van der Waals surface area contributed by atoms with Gasteiger partial charge in [-0.2, -0.15) is 0 Å². The number of hydrogen-bond donors (Lipinski definition) is 1. The van der Waals surface area contributed by atoms with Gasteiger partial charge in [0.1, 0.15) is 0 Å². The van der Waals surface area contributed by atoms with Crippen molar-refractivity contribution in [3.05, 3.63) is 34.9 Å². The van der Waals surface area contributed by atoms with E-state index in [2.05, 4.69) is 18.9 Å². The number of carbonyl (C=O) groups excluding carboxylic acids is 1. The van der Waals surface area contributed by atoms with E-state index in [1.165, 1.54) is 12.6 Å². The van der Waals surface area contributed by atoms with Crippen LogP contribution in [0.1, 0.15) is 47.4 Å². The summed E-state index contributed by atoms with van der Waals surface area (Å²) in [4.78, 5) is 14.2. The molecular weight excluding hydrogens is 280 g/mol. The number of nitrogens with zero attached hydrogens (tertiary/aromatic N) is 2. The Bertz CT molecular complexity index is 517. The molecule has 0 saturated carbocycles. The maximum Gasteiger partial charge on any atom is 0.276 e. The number of hydroxylamine groups is 2. The number of amides is 1. The molecule has 1 atom stereocenters. The average molecular weight is 306 g/mol. The minimum atomic E-state index is -0.381. The number of rotatable bonds is 6. The third kappa shape index (κ3) is 4.06. The molecule has 0 saturated heterocycles. The summed E-state index contributed by atoms with van der Waals surface area (Å²) in [5.41, 5.74) is 2.85. The predicted molar refractivity (Wildman–Crippen MR) is 85.1 cm³/mol. The lowest BCUT2D eigenvalue weighted by atomic mass is 9.93. The molecule has 1 aliphatic heterocycles. The monoisotopic (exact) mass is 306 g/mol. The summed E-state index contributed by atoms with van der Waals surface area (Å²) in [5, 5.41) is 9.90. The van der Waals surface area contributed by atoms with Gasteiger partial charge in [-0.1, -0.05) is 13.0 Å². The van der Waals surface area contributed by atoms with Crippen LogP contribution < -0.4 is 0 Å². The van der Waals surface area contributed by atoms with Crippen LogP contribution in [0.5, 0.6) is 0 Å². The highest BCUT2D eigenvalue weighted by Gasteiger charge is 2.22. The molecule has 1 aromatic rings. The lowest BCUT2D eigenvalue weighted by Gasteiger charge is -2.28. The molecule has 5 nitrogen and oxygen atoms in total. The molecule has 22 heavy (non-hydrogen) atoms. The van der Waals surface area contributed by atoms with Gasteiger partial charge in [0, 0.05) is 19.2 Å². The van der Waals surface area contributed by atoms with Gasteiger partial charge in [0.2, 0.25) is 0 Å². The Kier molecular flexibility index (Phi) is 5.94. The highest BCUT2D eigenvalue weighted by atomic mass is 16.5. The van der Waals surface area contributed by atoms with Crippen molar-refractivity contribution in [2.45, 2.75) is 32.3 Å². The zero-order valence-corrected chi connectivity index (χ0v) is 13.7. The predicted octanol–water partition coefficient (Wildman–Crippen LogP) is 2.49. The lowest BCUT2D eigenvalue weighted by molar-refractivity contribution is -0.0375. The molecule has 1 N–H and O–H groups in total. The van der Waals surface area contributed by atoms with Crippen molar-refractivity contribution in [2.75, 3.05) is 33.8 Å². The number of fused-ring (bicyclic) bond motifs is 1. The van der Waals surface area contributed by atoms with E-state index in [1.807, 2.05) is 12.1 Å². The van der Waals surface area contributed by atoms with Crippen LogP contribution in [0, 0.1) is 0 Å². The molecule has 1 aromatic carbocycles. The molecule has 0 radical (unpaired) electrons. The number of carbonyl (C=O) groups is 1. The van der Waals surface area contributed by atoms with Crippen molar-refractivity contribution >= 4 is 5.91 Å². The van der Waals surface area contributed by atoms with Gasteiger partial charge in [-0.15, -0.1) is 0 Å². The summed E-state index contributed by atoms with van der Waals surface area (Å²) in [6.07, 6.45) is 3.02. The van der Waals surface area contributed by atoms with E-state index in [4.69, 9.17) is 4.74 Å². The van der Waals surface area contributed by atoms with Gasteiger partial charge >= 0.3 is 0 Å². The fraction of sp³-hybridized carbons (Fsp3) is 0.588. The summed E-state index contributed by atoms with van der Waals surface area (Å²) in [7, 11) is 3.48. The zero-order chi connectivity index (χ0) is 16.1. The first-order valence-electron chi connectivity index (χ1n) is 7.92. The normalized spacial score (nSPS) is 17.4. The topological polar surface area (TPSA) is 53.0 Å². The van der Waals surface area contributed by atoms with Crippen molar-refractivity contribution in [1.29, 1.82) is 0 Å². The first-order valence-corrected chi connectivity index (χ1v) is 7.92. The minimum absolute atomic E-state index is 0.0964. The molecule has 1 heterocycles. The smallest absolute Gasteiger partial charge is 0.276 e. The van der Waals surface area contributed by atoms with Gasteiger partial charge in [-0.05, 0) is 56.1 Å². The van der Waals surface area contributed by atoms with Crippen LogP contribution in [0.2, 0.25) is 0 Å². The Morgan fingerprint density at radius 1 is 1.36 bits per heavy atom. The molecule has 5 heteroatoms. The third-order valence-electron chi connectivity index (χ3n) is 4.10. The van der Waals surface area contributed by atoms with Crippen LogP contribution in [-0.4, -0.2) is 54.9 Å². The number of ether oxygens (including phenoxy) is 1.